The van der Waals surface area contributed by atoms with Crippen molar-refractivity contribution in [3.05, 3.63) is 46.7 Å². The fraction of sp³-hybridized carbons (Fsp3) is 0.154. The molecule has 2 nitrogen and oxygen atoms in total. The third kappa shape index (κ3) is 2.48. The third-order valence-corrected chi connectivity index (χ3v) is 4.15. The van der Waals surface area contributed by atoms with E-state index in [1.54, 1.807) is 22.7 Å². The Bertz CT molecular complexity index is 568. The van der Waals surface area contributed by atoms with Gasteiger partial charge in [0.2, 0.25) is 0 Å². The quantitative estimate of drug-likeness (QED) is 0.708. The summed E-state index contributed by atoms with van der Waals surface area (Å²) < 4.78 is 6.86. The zero-order chi connectivity index (χ0) is 11.5. The molecule has 0 atom stereocenters. The molecule has 0 unspecified atom stereocenters. The van der Waals surface area contributed by atoms with E-state index in [0.717, 1.165) is 17.1 Å². The fourth-order valence-electron chi connectivity index (χ4n) is 1.60. The normalized spacial score (nSPS) is 10.8. The zero-order valence-electron chi connectivity index (χ0n) is 9.13. The van der Waals surface area contributed by atoms with Gasteiger partial charge in [0.25, 0.3) is 5.19 Å². The van der Waals surface area contributed by atoms with Crippen molar-refractivity contribution in [1.82, 2.24) is 4.98 Å². The minimum absolute atomic E-state index is 0.691. The molecule has 17 heavy (non-hydrogen) atoms. The number of thiazole rings is 1. The van der Waals surface area contributed by atoms with E-state index in [1.807, 2.05) is 18.2 Å². The number of thiophene rings is 1. The summed E-state index contributed by atoms with van der Waals surface area (Å²) in [6, 6.07) is 10.2. The molecule has 0 bridgehead atoms. The summed E-state index contributed by atoms with van der Waals surface area (Å²) in [5.74, 6) is 0. The van der Waals surface area contributed by atoms with E-state index in [2.05, 4.69) is 27.9 Å². The molecule has 0 radical (unpaired) electrons. The highest BCUT2D eigenvalue weighted by molar-refractivity contribution is 7.20. The lowest BCUT2D eigenvalue weighted by Gasteiger charge is -1.99. The van der Waals surface area contributed by atoms with E-state index in [-0.39, 0.29) is 0 Å². The Labute approximate surface area is 108 Å². The topological polar surface area (TPSA) is 22.1 Å². The molecule has 0 spiro atoms. The van der Waals surface area contributed by atoms with E-state index in [0.29, 0.717) is 6.61 Å². The molecule has 2 aromatic heterocycles. The second kappa shape index (κ2) is 4.85. The molecular weight excluding hydrogens is 250 g/mol. The van der Waals surface area contributed by atoms with E-state index in [9.17, 15) is 0 Å². The Morgan fingerprint density at radius 1 is 1.18 bits per heavy atom. The number of rotatable bonds is 4. The van der Waals surface area contributed by atoms with Gasteiger partial charge in [0.15, 0.2) is 0 Å². The highest BCUT2D eigenvalue weighted by Crippen LogP contribution is 2.27. The van der Waals surface area contributed by atoms with Gasteiger partial charge in [-0.1, -0.05) is 23.5 Å². The van der Waals surface area contributed by atoms with E-state index >= 15 is 0 Å². The van der Waals surface area contributed by atoms with Crippen molar-refractivity contribution in [3.8, 4) is 5.19 Å². The Hall–Kier alpha value is -1.39. The van der Waals surface area contributed by atoms with Crippen molar-refractivity contribution in [2.75, 3.05) is 6.61 Å². The first kappa shape index (κ1) is 10.7. The number of fused-ring (bicyclic) bond motifs is 1. The highest BCUT2D eigenvalue weighted by atomic mass is 32.1. The van der Waals surface area contributed by atoms with E-state index in [4.69, 9.17) is 4.74 Å². The summed E-state index contributed by atoms with van der Waals surface area (Å²) in [5.41, 5.74) is 2.35. The van der Waals surface area contributed by atoms with Gasteiger partial charge in [0.1, 0.15) is 0 Å². The molecule has 0 saturated carbocycles. The van der Waals surface area contributed by atoms with Crippen LogP contribution in [0.15, 0.2) is 41.1 Å². The van der Waals surface area contributed by atoms with Crippen molar-refractivity contribution in [2.24, 2.45) is 0 Å². The molecule has 0 aliphatic heterocycles. The van der Waals surface area contributed by atoms with Gasteiger partial charge in [0, 0.05) is 6.42 Å². The number of benzene rings is 1. The Kier molecular flexibility index (Phi) is 3.07. The largest absolute Gasteiger partial charge is 0.470 e. The summed E-state index contributed by atoms with van der Waals surface area (Å²) in [7, 11) is 0. The average Bonchev–Trinajstić information content (AvgIpc) is 2.96. The zero-order valence-corrected chi connectivity index (χ0v) is 10.8. The molecule has 2 heterocycles. The minimum atomic E-state index is 0.691. The molecule has 0 fully saturated rings. The predicted molar refractivity (Wildman–Crippen MR) is 73.1 cm³/mol. The average molecular weight is 261 g/mol. The molecule has 0 saturated heterocycles. The molecule has 0 aliphatic rings. The van der Waals surface area contributed by atoms with Gasteiger partial charge in [-0.25, -0.2) is 4.98 Å². The lowest BCUT2D eigenvalue weighted by atomic mass is 10.3. The van der Waals surface area contributed by atoms with Crippen molar-refractivity contribution in [1.29, 1.82) is 0 Å². The standard InChI is InChI=1S/C13H11NOS2/c1-2-4-12-11(3-1)14-13(17-12)15-7-5-10-6-8-16-9-10/h1-4,6,8-9H,5,7H2. The van der Waals surface area contributed by atoms with Crippen molar-refractivity contribution >= 4 is 32.9 Å². The van der Waals surface area contributed by atoms with Crippen LogP contribution in [0.4, 0.5) is 0 Å². The number of para-hydroxylation sites is 1. The van der Waals surface area contributed by atoms with E-state index < -0.39 is 0 Å². The van der Waals surface area contributed by atoms with Crippen LogP contribution in [0.1, 0.15) is 5.56 Å². The van der Waals surface area contributed by atoms with Crippen LogP contribution in [0, 0.1) is 0 Å². The molecule has 3 rings (SSSR count). The maximum Gasteiger partial charge on any atom is 0.274 e. The first-order valence-corrected chi connectivity index (χ1v) is 7.17. The molecule has 3 aromatic rings. The van der Waals surface area contributed by atoms with Gasteiger partial charge in [-0.05, 0) is 34.5 Å². The van der Waals surface area contributed by atoms with Crippen molar-refractivity contribution < 1.29 is 4.74 Å². The van der Waals surface area contributed by atoms with Gasteiger partial charge in [0.05, 0.1) is 16.8 Å². The van der Waals surface area contributed by atoms with Crippen LogP contribution in [0.2, 0.25) is 0 Å². The SMILES string of the molecule is c1ccc2sc(OCCc3ccsc3)nc2c1. The molecule has 0 amide bonds. The highest BCUT2D eigenvalue weighted by Gasteiger charge is 2.03. The maximum atomic E-state index is 5.68. The van der Waals surface area contributed by atoms with Gasteiger partial charge in [-0.2, -0.15) is 11.3 Å². The van der Waals surface area contributed by atoms with Gasteiger partial charge < -0.3 is 4.74 Å². The predicted octanol–water partition coefficient (Wildman–Crippen LogP) is 3.98. The number of ether oxygens (including phenoxy) is 1. The van der Waals surface area contributed by atoms with Gasteiger partial charge in [-0.3, -0.25) is 0 Å². The molecule has 86 valence electrons. The summed E-state index contributed by atoms with van der Waals surface area (Å²) in [5, 5.41) is 5.01. The second-order valence-corrected chi connectivity index (χ2v) is 5.45. The number of hydrogen-bond acceptors (Lipinski definition) is 4. The third-order valence-electron chi connectivity index (χ3n) is 2.47. The fourth-order valence-corrected chi connectivity index (χ4v) is 3.15. The first-order chi connectivity index (χ1) is 8.42. The Balaban J connectivity index is 1.65. The Morgan fingerprint density at radius 3 is 2.94 bits per heavy atom. The van der Waals surface area contributed by atoms with Gasteiger partial charge >= 0.3 is 0 Å². The van der Waals surface area contributed by atoms with Crippen LogP contribution in [-0.2, 0) is 6.42 Å². The van der Waals surface area contributed by atoms with Crippen LogP contribution in [0.25, 0.3) is 10.2 Å². The number of nitrogens with zero attached hydrogens (tertiary/aromatic N) is 1. The molecule has 4 heteroatoms. The van der Waals surface area contributed by atoms with Crippen molar-refractivity contribution in [3.63, 3.8) is 0 Å². The lowest BCUT2D eigenvalue weighted by molar-refractivity contribution is 0.321. The monoisotopic (exact) mass is 261 g/mol. The molecular formula is C13H11NOS2. The minimum Gasteiger partial charge on any atom is -0.470 e. The van der Waals surface area contributed by atoms with Crippen molar-refractivity contribution in [2.45, 2.75) is 6.42 Å². The van der Waals surface area contributed by atoms with Gasteiger partial charge in [-0.15, -0.1) is 0 Å². The molecule has 1 aromatic carbocycles. The Morgan fingerprint density at radius 2 is 2.12 bits per heavy atom. The van der Waals surface area contributed by atoms with Crippen LogP contribution >= 0.6 is 22.7 Å². The number of aromatic nitrogens is 1. The van der Waals surface area contributed by atoms with Crippen LogP contribution in [0.5, 0.6) is 5.19 Å². The summed E-state index contributed by atoms with van der Waals surface area (Å²) in [6.45, 7) is 0.691. The first-order valence-electron chi connectivity index (χ1n) is 5.41. The van der Waals surface area contributed by atoms with E-state index in [1.165, 1.54) is 10.3 Å². The van der Waals surface area contributed by atoms with Crippen LogP contribution < -0.4 is 4.74 Å². The van der Waals surface area contributed by atoms with Crippen LogP contribution in [0.3, 0.4) is 0 Å². The lowest BCUT2D eigenvalue weighted by Crippen LogP contribution is -1.99. The van der Waals surface area contributed by atoms with Crippen LogP contribution in [-0.4, -0.2) is 11.6 Å². The summed E-state index contributed by atoms with van der Waals surface area (Å²) in [6.07, 6.45) is 0.944. The summed E-state index contributed by atoms with van der Waals surface area (Å²) >= 11 is 3.32. The summed E-state index contributed by atoms with van der Waals surface area (Å²) in [4.78, 5) is 4.43. The smallest absolute Gasteiger partial charge is 0.274 e. The second-order valence-electron chi connectivity index (χ2n) is 3.68. The number of hydrogen-bond donors (Lipinski definition) is 0. The molecule has 0 aliphatic carbocycles. The molecule has 0 N–H and O–H groups in total. The maximum absolute atomic E-state index is 5.68.